The molecule has 28 heavy (non-hydrogen) atoms. The summed E-state index contributed by atoms with van der Waals surface area (Å²) in [6.07, 6.45) is 0.224. The first-order valence-electron chi connectivity index (χ1n) is 9.25. The van der Waals surface area contributed by atoms with Crippen molar-refractivity contribution in [3.63, 3.8) is 0 Å². The van der Waals surface area contributed by atoms with Gasteiger partial charge in [0.05, 0.1) is 19.3 Å². The largest absolute Gasteiger partial charge is 0.507 e. The number of hydrogen-bond acceptors (Lipinski definition) is 6. The normalized spacial score (nSPS) is 11.6. The minimum atomic E-state index is -1.01. The third-order valence-corrected chi connectivity index (χ3v) is 4.28. The van der Waals surface area contributed by atoms with Crippen LogP contribution in [0.4, 0.5) is 0 Å². The monoisotopic (exact) mass is 386 g/mol. The zero-order valence-corrected chi connectivity index (χ0v) is 16.7. The van der Waals surface area contributed by atoms with Crippen LogP contribution in [0.25, 0.3) is 0 Å². The number of carbonyl (C=O) groups is 2. The average molecular weight is 386 g/mol. The van der Waals surface area contributed by atoms with Gasteiger partial charge in [0, 0.05) is 11.1 Å². The SMILES string of the molecule is CCCc1c(OC(C(=O)OCC)c2ccc(OC)cc2)ccc(C(C)=O)c1O. The fourth-order valence-electron chi connectivity index (χ4n) is 2.88. The Morgan fingerprint density at radius 2 is 1.75 bits per heavy atom. The molecule has 0 spiro atoms. The fraction of sp³-hybridized carbons (Fsp3) is 0.364. The van der Waals surface area contributed by atoms with Crippen molar-refractivity contribution < 1.29 is 28.9 Å². The lowest BCUT2D eigenvalue weighted by Crippen LogP contribution is -2.22. The van der Waals surface area contributed by atoms with Crippen LogP contribution in [-0.2, 0) is 16.0 Å². The molecule has 150 valence electrons. The summed E-state index contributed by atoms with van der Waals surface area (Å²) >= 11 is 0. The molecule has 2 aromatic rings. The highest BCUT2D eigenvalue weighted by Gasteiger charge is 2.26. The van der Waals surface area contributed by atoms with E-state index in [4.69, 9.17) is 14.2 Å². The Hall–Kier alpha value is -3.02. The number of esters is 1. The molecular formula is C22H26O6. The predicted octanol–water partition coefficient (Wildman–Crippen LogP) is 4.24. The van der Waals surface area contributed by atoms with Crippen molar-refractivity contribution in [1.29, 1.82) is 0 Å². The van der Waals surface area contributed by atoms with Crippen molar-refractivity contribution in [3.05, 3.63) is 53.1 Å². The number of Topliss-reactive ketones (excluding diaryl/α,β-unsaturated/α-hetero) is 1. The molecule has 2 rings (SSSR count). The number of rotatable bonds is 9. The Labute approximate surface area is 165 Å². The number of phenolic OH excluding ortho intramolecular Hbond substituents is 1. The van der Waals surface area contributed by atoms with E-state index in [-0.39, 0.29) is 23.7 Å². The number of hydrogen-bond donors (Lipinski definition) is 1. The molecule has 0 aromatic heterocycles. The van der Waals surface area contributed by atoms with Gasteiger partial charge in [-0.05, 0) is 44.5 Å². The topological polar surface area (TPSA) is 82.1 Å². The molecule has 0 aliphatic carbocycles. The third-order valence-electron chi connectivity index (χ3n) is 4.28. The second kappa shape index (κ2) is 9.78. The number of aromatic hydroxyl groups is 1. The van der Waals surface area contributed by atoms with E-state index in [2.05, 4.69) is 0 Å². The molecule has 6 nitrogen and oxygen atoms in total. The van der Waals surface area contributed by atoms with Gasteiger partial charge in [0.2, 0.25) is 6.10 Å². The second-order valence-electron chi connectivity index (χ2n) is 6.27. The third kappa shape index (κ3) is 4.82. The molecular weight excluding hydrogens is 360 g/mol. The van der Waals surface area contributed by atoms with Crippen molar-refractivity contribution >= 4 is 11.8 Å². The molecule has 0 saturated carbocycles. The quantitative estimate of drug-likeness (QED) is 0.513. The number of ketones is 1. The van der Waals surface area contributed by atoms with E-state index in [0.717, 1.165) is 6.42 Å². The number of ether oxygens (including phenoxy) is 3. The van der Waals surface area contributed by atoms with Crippen molar-refractivity contribution in [2.24, 2.45) is 0 Å². The molecule has 0 radical (unpaired) electrons. The molecule has 6 heteroatoms. The lowest BCUT2D eigenvalue weighted by molar-refractivity contribution is -0.151. The van der Waals surface area contributed by atoms with Gasteiger partial charge < -0.3 is 19.3 Å². The van der Waals surface area contributed by atoms with E-state index in [9.17, 15) is 14.7 Å². The highest BCUT2D eigenvalue weighted by Crippen LogP contribution is 2.36. The fourth-order valence-corrected chi connectivity index (χ4v) is 2.88. The predicted molar refractivity (Wildman–Crippen MR) is 105 cm³/mol. The van der Waals surface area contributed by atoms with Crippen LogP contribution in [0.2, 0.25) is 0 Å². The van der Waals surface area contributed by atoms with Gasteiger partial charge in [-0.25, -0.2) is 4.79 Å². The summed E-state index contributed by atoms with van der Waals surface area (Å²) in [7, 11) is 1.56. The van der Waals surface area contributed by atoms with Crippen LogP contribution in [0, 0.1) is 0 Å². The molecule has 2 aromatic carbocycles. The maximum Gasteiger partial charge on any atom is 0.352 e. The van der Waals surface area contributed by atoms with Crippen LogP contribution in [0.15, 0.2) is 36.4 Å². The second-order valence-corrected chi connectivity index (χ2v) is 6.27. The number of phenols is 1. The molecule has 0 aliphatic rings. The van der Waals surface area contributed by atoms with Crippen LogP contribution in [0.3, 0.4) is 0 Å². The van der Waals surface area contributed by atoms with E-state index >= 15 is 0 Å². The van der Waals surface area contributed by atoms with E-state index in [0.29, 0.717) is 29.0 Å². The van der Waals surface area contributed by atoms with Crippen molar-refractivity contribution in [2.75, 3.05) is 13.7 Å². The Morgan fingerprint density at radius 3 is 2.29 bits per heavy atom. The van der Waals surface area contributed by atoms with Crippen molar-refractivity contribution in [3.8, 4) is 17.2 Å². The summed E-state index contributed by atoms with van der Waals surface area (Å²) in [5, 5.41) is 10.5. The summed E-state index contributed by atoms with van der Waals surface area (Å²) in [4.78, 5) is 24.3. The lowest BCUT2D eigenvalue weighted by Gasteiger charge is -2.21. The molecule has 0 heterocycles. The maximum absolute atomic E-state index is 12.5. The molecule has 0 fully saturated rings. The van der Waals surface area contributed by atoms with Crippen LogP contribution in [-0.4, -0.2) is 30.6 Å². The van der Waals surface area contributed by atoms with Gasteiger partial charge in [0.25, 0.3) is 0 Å². The van der Waals surface area contributed by atoms with Crippen LogP contribution >= 0.6 is 0 Å². The first kappa shape index (κ1) is 21.3. The molecule has 0 amide bonds. The summed E-state index contributed by atoms with van der Waals surface area (Å²) < 4.78 is 16.3. The minimum Gasteiger partial charge on any atom is -0.507 e. The standard InChI is InChI=1S/C22H26O6/c1-5-7-18-19(13-12-17(14(3)23)20(18)24)28-21(22(25)27-6-2)15-8-10-16(26-4)11-9-15/h8-13,21,24H,5-7H2,1-4H3. The van der Waals surface area contributed by atoms with Gasteiger partial charge in [-0.1, -0.05) is 25.5 Å². The van der Waals surface area contributed by atoms with Gasteiger partial charge in [-0.15, -0.1) is 0 Å². The summed E-state index contributed by atoms with van der Waals surface area (Å²) in [5.41, 5.74) is 1.32. The van der Waals surface area contributed by atoms with E-state index in [1.54, 1.807) is 44.4 Å². The van der Waals surface area contributed by atoms with Crippen LogP contribution in [0.5, 0.6) is 17.2 Å². The van der Waals surface area contributed by atoms with Crippen LogP contribution < -0.4 is 9.47 Å². The molecule has 1 N–H and O–H groups in total. The molecule has 0 saturated heterocycles. The Morgan fingerprint density at radius 1 is 1.07 bits per heavy atom. The van der Waals surface area contributed by atoms with E-state index < -0.39 is 12.1 Å². The Kier molecular flexibility index (Phi) is 7.44. The number of carbonyl (C=O) groups excluding carboxylic acids is 2. The highest BCUT2D eigenvalue weighted by molar-refractivity contribution is 5.97. The zero-order chi connectivity index (χ0) is 20.7. The molecule has 1 unspecified atom stereocenters. The first-order chi connectivity index (χ1) is 13.4. The lowest BCUT2D eigenvalue weighted by atomic mass is 10.0. The van der Waals surface area contributed by atoms with Gasteiger partial charge in [0.1, 0.15) is 17.2 Å². The van der Waals surface area contributed by atoms with E-state index in [1.165, 1.54) is 13.0 Å². The average Bonchev–Trinajstić information content (AvgIpc) is 2.68. The van der Waals surface area contributed by atoms with E-state index in [1.807, 2.05) is 6.92 Å². The van der Waals surface area contributed by atoms with Crippen LogP contribution in [0.1, 0.15) is 54.8 Å². The van der Waals surface area contributed by atoms with Crippen molar-refractivity contribution in [1.82, 2.24) is 0 Å². The first-order valence-corrected chi connectivity index (χ1v) is 9.25. The summed E-state index contributed by atoms with van der Waals surface area (Å²) in [5.74, 6) is 0.118. The smallest absolute Gasteiger partial charge is 0.352 e. The minimum absolute atomic E-state index is 0.107. The van der Waals surface area contributed by atoms with Crippen molar-refractivity contribution in [2.45, 2.75) is 39.7 Å². The summed E-state index contributed by atoms with van der Waals surface area (Å²) in [6.45, 7) is 5.28. The van der Waals surface area contributed by atoms with Gasteiger partial charge in [0.15, 0.2) is 5.78 Å². The highest BCUT2D eigenvalue weighted by atomic mass is 16.6. The maximum atomic E-state index is 12.5. The molecule has 1 atom stereocenters. The zero-order valence-electron chi connectivity index (χ0n) is 16.7. The van der Waals surface area contributed by atoms with Gasteiger partial charge >= 0.3 is 5.97 Å². The Balaban J connectivity index is 2.46. The number of methoxy groups -OCH3 is 1. The Bertz CT molecular complexity index is 826. The molecule has 0 bridgehead atoms. The summed E-state index contributed by atoms with van der Waals surface area (Å²) in [6, 6.07) is 10.0. The van der Waals surface area contributed by atoms with Gasteiger partial charge in [-0.3, -0.25) is 4.79 Å². The molecule has 0 aliphatic heterocycles. The van der Waals surface area contributed by atoms with Gasteiger partial charge in [-0.2, -0.15) is 0 Å². The number of benzene rings is 2.